The summed E-state index contributed by atoms with van der Waals surface area (Å²) >= 11 is 4.92. The highest BCUT2D eigenvalue weighted by Gasteiger charge is 2.01. The van der Waals surface area contributed by atoms with Crippen LogP contribution in [0.1, 0.15) is 26.2 Å². The van der Waals surface area contributed by atoms with Crippen LogP contribution in [0.25, 0.3) is 0 Å². The highest BCUT2D eigenvalue weighted by Crippen LogP contribution is 1.99. The third-order valence-corrected chi connectivity index (χ3v) is 3.08. The van der Waals surface area contributed by atoms with E-state index in [2.05, 4.69) is 57.0 Å². The van der Waals surface area contributed by atoms with E-state index in [-0.39, 0.29) is 0 Å². The summed E-state index contributed by atoms with van der Waals surface area (Å²) in [5, 5.41) is 0. The van der Waals surface area contributed by atoms with Crippen molar-refractivity contribution in [2.75, 3.05) is 28.5 Å². The van der Waals surface area contributed by atoms with Crippen molar-refractivity contribution in [3.63, 3.8) is 0 Å². The number of rotatable bonds is 8. The summed E-state index contributed by atoms with van der Waals surface area (Å²) in [6.45, 7) is 6.14. The minimum Gasteiger partial charge on any atom is -0.303 e. The maximum absolute atomic E-state index is 2.59. The molecule has 0 bridgehead atoms. The Labute approximate surface area is 104 Å². The minimum absolute atomic E-state index is 1.27. The van der Waals surface area contributed by atoms with Gasteiger partial charge in [-0.2, -0.15) is 0 Å². The lowest BCUT2D eigenvalue weighted by molar-refractivity contribution is 0.289. The quantitative estimate of drug-likeness (QED) is 0.450. The molecular formula is C9H19I2N. The number of nitrogens with zero attached hydrogens (tertiary/aromatic N) is 1. The molecule has 1 nitrogen and oxygen atoms in total. The molecule has 0 aliphatic carbocycles. The van der Waals surface area contributed by atoms with E-state index in [1.165, 1.54) is 47.8 Å². The average Bonchev–Trinajstić information content (AvgIpc) is 2.10. The third-order valence-electron chi connectivity index (χ3n) is 1.84. The van der Waals surface area contributed by atoms with Crippen LogP contribution in [0.3, 0.4) is 0 Å². The van der Waals surface area contributed by atoms with Crippen LogP contribution in [0, 0.1) is 0 Å². The third kappa shape index (κ3) is 8.04. The topological polar surface area (TPSA) is 3.24 Å². The molecule has 0 N–H and O–H groups in total. The van der Waals surface area contributed by atoms with Gasteiger partial charge in [0.25, 0.3) is 0 Å². The molecular weight excluding hydrogens is 376 g/mol. The largest absolute Gasteiger partial charge is 0.303 e. The van der Waals surface area contributed by atoms with Gasteiger partial charge in [-0.25, -0.2) is 0 Å². The van der Waals surface area contributed by atoms with Crippen molar-refractivity contribution in [1.82, 2.24) is 4.90 Å². The van der Waals surface area contributed by atoms with Crippen LogP contribution in [0.5, 0.6) is 0 Å². The number of hydrogen-bond acceptors (Lipinski definition) is 1. The van der Waals surface area contributed by atoms with E-state index in [1.807, 2.05) is 0 Å². The van der Waals surface area contributed by atoms with E-state index in [0.717, 1.165) is 0 Å². The van der Waals surface area contributed by atoms with Gasteiger partial charge in [0.15, 0.2) is 0 Å². The molecule has 3 heteroatoms. The predicted octanol–water partition coefficient (Wildman–Crippen LogP) is 3.35. The minimum atomic E-state index is 1.27. The smallest absolute Gasteiger partial charge is 0.0123 e. The van der Waals surface area contributed by atoms with Crippen molar-refractivity contribution >= 4 is 45.2 Å². The van der Waals surface area contributed by atoms with Crippen molar-refractivity contribution in [2.45, 2.75) is 26.2 Å². The van der Waals surface area contributed by atoms with Gasteiger partial charge in [0.2, 0.25) is 0 Å². The second kappa shape index (κ2) is 10.5. The lowest BCUT2D eigenvalue weighted by atomic mass is 10.3. The fraction of sp³-hybridized carbons (Fsp3) is 1.00. The molecule has 0 aromatic rings. The molecule has 0 atom stereocenters. The highest BCUT2D eigenvalue weighted by molar-refractivity contribution is 14.1. The average molecular weight is 395 g/mol. The first-order valence-electron chi connectivity index (χ1n) is 4.69. The van der Waals surface area contributed by atoms with Crippen molar-refractivity contribution in [3.05, 3.63) is 0 Å². The molecule has 0 unspecified atom stereocenters. The number of alkyl halides is 2. The van der Waals surface area contributed by atoms with Crippen LogP contribution in [-0.4, -0.2) is 33.4 Å². The first-order chi connectivity index (χ1) is 5.85. The van der Waals surface area contributed by atoms with Gasteiger partial charge in [0, 0.05) is 15.4 Å². The van der Waals surface area contributed by atoms with Crippen LogP contribution in [0.15, 0.2) is 0 Å². The standard InChI is InChI=1S/C9H19I2N/c1-2-3-7-12(9-6-11)8-4-5-10/h2-9H2,1H3. The molecule has 0 aliphatic heterocycles. The van der Waals surface area contributed by atoms with Crippen LogP contribution in [0.4, 0.5) is 0 Å². The Morgan fingerprint density at radius 2 is 1.58 bits per heavy atom. The molecule has 0 saturated carbocycles. The Bertz CT molecular complexity index is 80.6. The molecule has 0 saturated heterocycles. The van der Waals surface area contributed by atoms with Crippen molar-refractivity contribution < 1.29 is 0 Å². The second-order valence-electron chi connectivity index (χ2n) is 2.93. The van der Waals surface area contributed by atoms with Crippen molar-refractivity contribution in [3.8, 4) is 0 Å². The Morgan fingerprint density at radius 3 is 2.08 bits per heavy atom. The maximum Gasteiger partial charge on any atom is 0.0123 e. The van der Waals surface area contributed by atoms with E-state index in [9.17, 15) is 0 Å². The van der Waals surface area contributed by atoms with Gasteiger partial charge in [-0.15, -0.1) is 0 Å². The monoisotopic (exact) mass is 395 g/mol. The van der Waals surface area contributed by atoms with E-state index < -0.39 is 0 Å². The Balaban J connectivity index is 3.40. The summed E-state index contributed by atoms with van der Waals surface area (Å²) in [4.78, 5) is 2.59. The van der Waals surface area contributed by atoms with Crippen molar-refractivity contribution in [2.24, 2.45) is 0 Å². The zero-order valence-corrected chi connectivity index (χ0v) is 12.2. The summed E-state index contributed by atoms with van der Waals surface area (Å²) in [7, 11) is 0. The SMILES string of the molecule is CCCCN(CCI)CCCI. The molecule has 0 heterocycles. The van der Waals surface area contributed by atoms with E-state index in [1.54, 1.807) is 0 Å². The summed E-state index contributed by atoms with van der Waals surface area (Å²) in [5.41, 5.74) is 0. The molecule has 0 radical (unpaired) electrons. The van der Waals surface area contributed by atoms with Gasteiger partial charge in [-0.05, 0) is 25.9 Å². The molecule has 0 fully saturated rings. The maximum atomic E-state index is 2.59. The molecule has 0 aromatic carbocycles. The van der Waals surface area contributed by atoms with E-state index in [0.29, 0.717) is 0 Å². The van der Waals surface area contributed by atoms with Gasteiger partial charge in [0.05, 0.1) is 0 Å². The van der Waals surface area contributed by atoms with Crippen LogP contribution < -0.4 is 0 Å². The lowest BCUT2D eigenvalue weighted by Crippen LogP contribution is -2.28. The van der Waals surface area contributed by atoms with Gasteiger partial charge >= 0.3 is 0 Å². The zero-order chi connectivity index (χ0) is 9.23. The number of hydrogen-bond donors (Lipinski definition) is 0. The fourth-order valence-electron chi connectivity index (χ4n) is 1.12. The van der Waals surface area contributed by atoms with Crippen LogP contribution >= 0.6 is 45.2 Å². The normalized spacial score (nSPS) is 11.0. The van der Waals surface area contributed by atoms with Crippen LogP contribution in [-0.2, 0) is 0 Å². The molecule has 0 aliphatic rings. The summed E-state index contributed by atoms with van der Waals surface area (Å²) in [6.07, 6.45) is 4.03. The van der Waals surface area contributed by atoms with Gasteiger partial charge in [0.1, 0.15) is 0 Å². The first-order valence-corrected chi connectivity index (χ1v) is 7.74. The molecule has 12 heavy (non-hydrogen) atoms. The molecule has 0 amide bonds. The van der Waals surface area contributed by atoms with Crippen LogP contribution in [0.2, 0.25) is 0 Å². The molecule has 0 aromatic heterocycles. The van der Waals surface area contributed by atoms with Gasteiger partial charge < -0.3 is 4.90 Å². The summed E-state index contributed by atoms with van der Waals surface area (Å²) < 4.78 is 2.56. The molecule has 74 valence electrons. The van der Waals surface area contributed by atoms with Gasteiger partial charge in [-0.3, -0.25) is 0 Å². The van der Waals surface area contributed by atoms with E-state index >= 15 is 0 Å². The van der Waals surface area contributed by atoms with Crippen molar-refractivity contribution in [1.29, 1.82) is 0 Å². The highest BCUT2D eigenvalue weighted by atomic mass is 127. The molecule has 0 rings (SSSR count). The Morgan fingerprint density at radius 1 is 0.917 bits per heavy atom. The summed E-state index contributed by atoms with van der Waals surface area (Å²) in [5.74, 6) is 0. The Kier molecular flexibility index (Phi) is 11.7. The lowest BCUT2D eigenvalue weighted by Gasteiger charge is -2.20. The zero-order valence-electron chi connectivity index (χ0n) is 7.86. The first kappa shape index (κ1) is 13.4. The fourth-order valence-corrected chi connectivity index (χ4v) is 2.14. The van der Waals surface area contributed by atoms with Gasteiger partial charge in [-0.1, -0.05) is 58.5 Å². The molecule has 0 spiro atoms. The predicted molar refractivity (Wildman–Crippen MR) is 73.7 cm³/mol. The number of unbranched alkanes of at least 4 members (excludes halogenated alkanes) is 1. The summed E-state index contributed by atoms with van der Waals surface area (Å²) in [6, 6.07) is 0. The number of halogens is 2. The second-order valence-corrected chi connectivity index (χ2v) is 5.08. The van der Waals surface area contributed by atoms with E-state index in [4.69, 9.17) is 0 Å². The Hall–Kier alpha value is 1.42.